The lowest BCUT2D eigenvalue weighted by Gasteiger charge is -2.26. The fraction of sp³-hybridized carbons (Fsp3) is 0.0750. The molecule has 5 aromatic carbocycles. The highest BCUT2D eigenvalue weighted by Gasteiger charge is 2.17. The molecule has 0 aliphatic carbocycles. The SMILES string of the molecule is CC1/C=C\C=C/C/N=C(/c2ccc(N(c3ccc(-c4nc5ccccc5o4)cc3)c3ccc(-c4nc5ccccc5s4)cc3)cc2)O1. The van der Waals surface area contributed by atoms with Crippen LogP contribution in [0.1, 0.15) is 12.5 Å². The number of para-hydroxylation sites is 3. The zero-order chi connectivity index (χ0) is 31.6. The van der Waals surface area contributed by atoms with Gasteiger partial charge in [-0.3, -0.25) is 0 Å². The molecule has 7 heteroatoms. The van der Waals surface area contributed by atoms with E-state index in [9.17, 15) is 0 Å². The third-order valence-corrected chi connectivity index (χ3v) is 9.06. The van der Waals surface area contributed by atoms with E-state index in [4.69, 9.17) is 19.1 Å². The Kier molecular flexibility index (Phi) is 7.65. The minimum absolute atomic E-state index is 0.0821. The quantitative estimate of drug-likeness (QED) is 0.183. The molecule has 0 radical (unpaired) electrons. The summed E-state index contributed by atoms with van der Waals surface area (Å²) in [5.74, 6) is 1.23. The predicted molar refractivity (Wildman–Crippen MR) is 193 cm³/mol. The van der Waals surface area contributed by atoms with Crippen LogP contribution < -0.4 is 4.90 Å². The largest absolute Gasteiger partial charge is 0.470 e. The van der Waals surface area contributed by atoms with Crippen LogP contribution in [0.5, 0.6) is 0 Å². The Balaban J connectivity index is 1.15. The fourth-order valence-electron chi connectivity index (χ4n) is 5.61. The number of oxazole rings is 1. The average molecular weight is 631 g/mol. The topological polar surface area (TPSA) is 63.8 Å². The van der Waals surface area contributed by atoms with Gasteiger partial charge in [0.2, 0.25) is 11.8 Å². The zero-order valence-corrected chi connectivity index (χ0v) is 26.5. The van der Waals surface area contributed by atoms with Crippen molar-refractivity contribution in [2.24, 2.45) is 4.99 Å². The van der Waals surface area contributed by atoms with Crippen LogP contribution in [0.25, 0.3) is 43.3 Å². The number of ether oxygens (including phenoxy) is 1. The van der Waals surface area contributed by atoms with Crippen molar-refractivity contribution in [1.29, 1.82) is 0 Å². The summed E-state index contributed by atoms with van der Waals surface area (Å²) in [6.07, 6.45) is 7.97. The van der Waals surface area contributed by atoms with E-state index in [1.807, 2.05) is 61.6 Å². The molecular formula is C40H30N4O2S. The molecule has 0 saturated carbocycles. The maximum atomic E-state index is 6.17. The smallest absolute Gasteiger partial charge is 0.227 e. The number of aromatic nitrogens is 2. The van der Waals surface area contributed by atoms with Gasteiger partial charge in [0.25, 0.3) is 0 Å². The molecule has 0 amide bonds. The van der Waals surface area contributed by atoms with E-state index in [1.54, 1.807) is 11.3 Å². The van der Waals surface area contributed by atoms with Crippen LogP contribution in [0.4, 0.5) is 17.1 Å². The van der Waals surface area contributed by atoms with E-state index in [0.717, 1.165) is 55.4 Å². The molecule has 0 saturated heterocycles. The molecule has 228 valence electrons. The minimum atomic E-state index is -0.0821. The normalized spacial score (nSPS) is 17.2. The number of hydrogen-bond acceptors (Lipinski definition) is 7. The first-order chi connectivity index (χ1) is 23.2. The van der Waals surface area contributed by atoms with Crippen molar-refractivity contribution in [1.82, 2.24) is 9.97 Å². The van der Waals surface area contributed by atoms with E-state index in [0.29, 0.717) is 18.3 Å². The Labute approximate surface area is 276 Å². The number of thiazole rings is 1. The average Bonchev–Trinajstić information content (AvgIpc) is 3.77. The Morgan fingerprint density at radius 2 is 1.30 bits per heavy atom. The first kappa shape index (κ1) is 28.7. The monoisotopic (exact) mass is 630 g/mol. The lowest BCUT2D eigenvalue weighted by Crippen LogP contribution is -2.15. The number of fused-ring (bicyclic) bond motifs is 2. The molecule has 0 N–H and O–H groups in total. The van der Waals surface area contributed by atoms with Crippen LogP contribution in [-0.2, 0) is 4.74 Å². The highest BCUT2D eigenvalue weighted by atomic mass is 32.1. The highest BCUT2D eigenvalue weighted by molar-refractivity contribution is 7.21. The number of rotatable bonds is 6. The predicted octanol–water partition coefficient (Wildman–Crippen LogP) is 10.5. The standard InChI is InChI=1S/C40H30N4O2S/c1-27-9-3-2-8-26-41-38(45-27)28-14-20-31(21-15-28)44(32-22-16-29(17-23-32)39-42-34-10-4-6-12-36(34)46-39)33-24-18-30(19-25-33)40-43-35-11-5-7-13-37(35)47-40/h2-25,27H,26H2,1H3/b8-2-,9-3-,41-38-. The fourth-order valence-corrected chi connectivity index (χ4v) is 6.58. The van der Waals surface area contributed by atoms with Crippen molar-refractivity contribution < 1.29 is 9.15 Å². The van der Waals surface area contributed by atoms with Crippen LogP contribution in [0, 0.1) is 0 Å². The molecule has 1 aliphatic heterocycles. The van der Waals surface area contributed by atoms with Gasteiger partial charge < -0.3 is 14.1 Å². The van der Waals surface area contributed by atoms with E-state index in [-0.39, 0.29) is 6.10 Å². The summed E-state index contributed by atoms with van der Waals surface area (Å²) in [6.45, 7) is 2.58. The van der Waals surface area contributed by atoms with E-state index >= 15 is 0 Å². The number of hydrogen-bond donors (Lipinski definition) is 0. The Morgan fingerprint density at radius 3 is 2.00 bits per heavy atom. The molecule has 6 nitrogen and oxygen atoms in total. The van der Waals surface area contributed by atoms with Crippen molar-refractivity contribution >= 4 is 55.6 Å². The second-order valence-corrected chi connectivity index (χ2v) is 12.3. The van der Waals surface area contributed by atoms with E-state index < -0.39 is 0 Å². The maximum absolute atomic E-state index is 6.17. The summed E-state index contributed by atoms with van der Waals surface area (Å²) in [7, 11) is 0. The van der Waals surface area contributed by atoms with E-state index in [1.165, 1.54) is 4.70 Å². The number of allylic oxidation sites excluding steroid dienone is 2. The number of aliphatic imine (C=N–C) groups is 1. The van der Waals surface area contributed by atoms with Gasteiger partial charge in [-0.15, -0.1) is 11.3 Å². The Hall–Kier alpha value is -5.79. The Bertz CT molecular complexity index is 2080. The minimum Gasteiger partial charge on any atom is -0.470 e. The van der Waals surface area contributed by atoms with Gasteiger partial charge in [0, 0.05) is 33.8 Å². The van der Waals surface area contributed by atoms with Crippen molar-refractivity contribution in [3.63, 3.8) is 0 Å². The maximum Gasteiger partial charge on any atom is 0.227 e. The lowest BCUT2D eigenvalue weighted by molar-refractivity contribution is 0.256. The molecule has 1 unspecified atom stereocenters. The van der Waals surface area contributed by atoms with Crippen LogP contribution in [0.2, 0.25) is 0 Å². The third kappa shape index (κ3) is 5.96. The van der Waals surface area contributed by atoms with Crippen LogP contribution in [0.15, 0.2) is 155 Å². The van der Waals surface area contributed by atoms with Gasteiger partial charge >= 0.3 is 0 Å². The molecule has 3 heterocycles. The molecule has 2 aromatic heterocycles. The third-order valence-electron chi connectivity index (χ3n) is 7.97. The van der Waals surface area contributed by atoms with Gasteiger partial charge in [-0.2, -0.15) is 0 Å². The molecule has 0 bridgehead atoms. The van der Waals surface area contributed by atoms with Crippen molar-refractivity contribution in [2.75, 3.05) is 11.4 Å². The molecule has 7 aromatic rings. The van der Waals surface area contributed by atoms with Crippen molar-refractivity contribution in [3.05, 3.63) is 151 Å². The summed E-state index contributed by atoms with van der Waals surface area (Å²) in [4.78, 5) is 16.5. The van der Waals surface area contributed by atoms with Gasteiger partial charge in [-0.1, -0.05) is 42.5 Å². The molecule has 0 spiro atoms. The summed E-state index contributed by atoms with van der Waals surface area (Å²) < 4.78 is 13.4. The second-order valence-electron chi connectivity index (χ2n) is 11.2. The van der Waals surface area contributed by atoms with Crippen LogP contribution >= 0.6 is 11.3 Å². The van der Waals surface area contributed by atoms with Crippen LogP contribution in [0.3, 0.4) is 0 Å². The van der Waals surface area contributed by atoms with Gasteiger partial charge in [-0.25, -0.2) is 15.0 Å². The van der Waals surface area contributed by atoms with Crippen molar-refractivity contribution in [2.45, 2.75) is 13.0 Å². The number of anilines is 3. The molecule has 1 aliphatic rings. The molecule has 1 atom stereocenters. The first-order valence-electron chi connectivity index (χ1n) is 15.5. The highest BCUT2D eigenvalue weighted by Crippen LogP contribution is 2.38. The number of nitrogens with zero attached hydrogens (tertiary/aromatic N) is 4. The molecule has 0 fully saturated rings. The summed E-state index contributed by atoms with van der Waals surface area (Å²) in [6, 6.07) is 41.3. The molecular weight excluding hydrogens is 601 g/mol. The van der Waals surface area contributed by atoms with Gasteiger partial charge in [0.1, 0.15) is 16.6 Å². The molecule has 8 rings (SSSR count). The zero-order valence-electron chi connectivity index (χ0n) is 25.7. The Morgan fingerprint density at radius 1 is 0.660 bits per heavy atom. The van der Waals surface area contributed by atoms with Gasteiger partial charge in [0.15, 0.2) is 5.58 Å². The van der Waals surface area contributed by atoms with Gasteiger partial charge in [-0.05, 0) is 110 Å². The van der Waals surface area contributed by atoms with Gasteiger partial charge in [0.05, 0.1) is 16.8 Å². The summed E-state index contributed by atoms with van der Waals surface area (Å²) in [5, 5.41) is 1.01. The van der Waals surface area contributed by atoms with Crippen molar-refractivity contribution in [3.8, 4) is 22.0 Å². The second kappa shape index (κ2) is 12.5. The molecule has 47 heavy (non-hydrogen) atoms. The summed E-state index contributed by atoms with van der Waals surface area (Å²) in [5.41, 5.74) is 8.61. The number of benzene rings is 5. The first-order valence-corrected chi connectivity index (χ1v) is 16.4. The lowest BCUT2D eigenvalue weighted by atomic mass is 10.1. The summed E-state index contributed by atoms with van der Waals surface area (Å²) >= 11 is 1.71. The van der Waals surface area contributed by atoms with Crippen LogP contribution in [-0.4, -0.2) is 28.5 Å². The van der Waals surface area contributed by atoms with E-state index in [2.05, 4.69) is 101 Å².